The van der Waals surface area contributed by atoms with Gasteiger partial charge in [-0.3, -0.25) is 9.80 Å². The second-order valence-corrected chi connectivity index (χ2v) is 8.02. The van der Waals surface area contributed by atoms with Crippen LogP contribution in [0, 0.1) is 5.41 Å². The summed E-state index contributed by atoms with van der Waals surface area (Å²) in [6.07, 6.45) is 2.52. The first-order valence-electron chi connectivity index (χ1n) is 8.96. The van der Waals surface area contributed by atoms with Gasteiger partial charge in [-0.1, -0.05) is 20.8 Å². The molecular weight excluding hydrogens is 258 g/mol. The lowest BCUT2D eigenvalue weighted by atomic mass is 9.80. The van der Waals surface area contributed by atoms with Crippen molar-refractivity contribution >= 4 is 0 Å². The van der Waals surface area contributed by atoms with E-state index in [2.05, 4.69) is 63.6 Å². The van der Waals surface area contributed by atoms with Crippen molar-refractivity contribution in [3.05, 3.63) is 0 Å². The zero-order chi connectivity index (χ0) is 16.1. The molecule has 0 aromatic rings. The van der Waals surface area contributed by atoms with E-state index in [-0.39, 0.29) is 5.54 Å². The molecule has 3 nitrogen and oxygen atoms in total. The van der Waals surface area contributed by atoms with Crippen molar-refractivity contribution in [2.24, 2.45) is 5.41 Å². The van der Waals surface area contributed by atoms with Crippen LogP contribution in [-0.2, 0) is 0 Å². The third-order valence-electron chi connectivity index (χ3n) is 5.31. The highest BCUT2D eigenvalue weighted by atomic mass is 15.3. The van der Waals surface area contributed by atoms with Gasteiger partial charge in [0, 0.05) is 44.3 Å². The molecule has 0 radical (unpaired) electrons. The van der Waals surface area contributed by atoms with Crippen LogP contribution in [-0.4, -0.2) is 60.6 Å². The van der Waals surface area contributed by atoms with E-state index in [4.69, 9.17) is 0 Å². The number of likely N-dealkylation sites (N-methyl/N-ethyl adjacent to an activating group) is 1. The summed E-state index contributed by atoms with van der Waals surface area (Å²) in [7, 11) is 0. The predicted molar refractivity (Wildman–Crippen MR) is 93.9 cm³/mol. The molecule has 0 aliphatic carbocycles. The van der Waals surface area contributed by atoms with Gasteiger partial charge in [0.25, 0.3) is 0 Å². The van der Waals surface area contributed by atoms with Gasteiger partial charge in [-0.2, -0.15) is 0 Å². The van der Waals surface area contributed by atoms with Crippen LogP contribution < -0.4 is 5.32 Å². The Labute approximate surface area is 133 Å². The Balaban J connectivity index is 2.61. The molecule has 1 atom stereocenters. The van der Waals surface area contributed by atoms with Gasteiger partial charge in [0.2, 0.25) is 0 Å². The van der Waals surface area contributed by atoms with E-state index in [1.165, 1.54) is 45.6 Å². The molecule has 1 fully saturated rings. The van der Waals surface area contributed by atoms with Crippen LogP contribution in [0.5, 0.6) is 0 Å². The highest BCUT2D eigenvalue weighted by molar-refractivity contribution is 4.88. The minimum atomic E-state index is 0.212. The summed E-state index contributed by atoms with van der Waals surface area (Å²) in [5.41, 5.74) is 0.630. The summed E-state index contributed by atoms with van der Waals surface area (Å²) < 4.78 is 0. The topological polar surface area (TPSA) is 18.5 Å². The zero-order valence-electron chi connectivity index (χ0n) is 15.6. The van der Waals surface area contributed by atoms with Crippen molar-refractivity contribution in [2.45, 2.75) is 72.9 Å². The zero-order valence-corrected chi connectivity index (χ0v) is 15.6. The molecule has 1 heterocycles. The van der Waals surface area contributed by atoms with Gasteiger partial charge in [0.1, 0.15) is 0 Å². The van der Waals surface area contributed by atoms with Crippen molar-refractivity contribution in [3.63, 3.8) is 0 Å². The molecule has 1 rings (SSSR count). The van der Waals surface area contributed by atoms with Crippen LogP contribution in [0.4, 0.5) is 0 Å². The summed E-state index contributed by atoms with van der Waals surface area (Å²) in [4.78, 5) is 5.30. The highest BCUT2D eigenvalue weighted by Crippen LogP contribution is 2.28. The second-order valence-electron chi connectivity index (χ2n) is 8.02. The van der Waals surface area contributed by atoms with Gasteiger partial charge < -0.3 is 5.32 Å². The molecule has 3 heteroatoms. The summed E-state index contributed by atoms with van der Waals surface area (Å²) in [5.74, 6) is 0. The van der Waals surface area contributed by atoms with Crippen LogP contribution in [0.15, 0.2) is 0 Å². The van der Waals surface area contributed by atoms with E-state index < -0.39 is 0 Å². The molecule has 21 heavy (non-hydrogen) atoms. The van der Waals surface area contributed by atoms with E-state index in [0.717, 1.165) is 6.54 Å². The predicted octanol–water partition coefficient (Wildman–Crippen LogP) is 3.21. The van der Waals surface area contributed by atoms with Gasteiger partial charge in [0.15, 0.2) is 0 Å². The van der Waals surface area contributed by atoms with Crippen LogP contribution in [0.2, 0.25) is 0 Å². The lowest BCUT2D eigenvalue weighted by molar-refractivity contribution is 0.0475. The number of rotatable bonds is 7. The number of nitrogens with one attached hydrogen (secondary N) is 1. The van der Waals surface area contributed by atoms with E-state index in [1.807, 2.05) is 0 Å². The van der Waals surface area contributed by atoms with Crippen molar-refractivity contribution in [2.75, 3.05) is 39.3 Å². The molecule has 0 aromatic heterocycles. The smallest absolute Gasteiger partial charge is 0.0195 e. The molecule has 0 bridgehead atoms. The Hall–Kier alpha value is -0.120. The summed E-state index contributed by atoms with van der Waals surface area (Å²) >= 11 is 0. The molecular formula is C18H39N3. The lowest BCUT2D eigenvalue weighted by Gasteiger charge is -2.45. The van der Waals surface area contributed by atoms with Crippen molar-refractivity contribution in [1.29, 1.82) is 0 Å². The van der Waals surface area contributed by atoms with Gasteiger partial charge >= 0.3 is 0 Å². The van der Waals surface area contributed by atoms with E-state index in [0.29, 0.717) is 11.5 Å². The van der Waals surface area contributed by atoms with Crippen molar-refractivity contribution < 1.29 is 0 Å². The second kappa shape index (κ2) is 7.94. The van der Waals surface area contributed by atoms with Gasteiger partial charge in [-0.05, 0) is 52.5 Å². The molecule has 0 spiro atoms. The first-order chi connectivity index (χ1) is 9.75. The Kier molecular flexibility index (Phi) is 7.15. The Morgan fingerprint density at radius 2 is 1.67 bits per heavy atom. The Morgan fingerprint density at radius 3 is 2.10 bits per heavy atom. The van der Waals surface area contributed by atoms with Crippen LogP contribution in [0.25, 0.3) is 0 Å². The lowest BCUT2D eigenvalue weighted by Crippen LogP contribution is -2.55. The maximum Gasteiger partial charge on any atom is 0.0195 e. The monoisotopic (exact) mass is 297 g/mol. The molecule has 0 saturated carbocycles. The largest absolute Gasteiger partial charge is 0.311 e. The van der Waals surface area contributed by atoms with E-state index in [1.54, 1.807) is 0 Å². The highest BCUT2D eigenvalue weighted by Gasteiger charge is 2.32. The van der Waals surface area contributed by atoms with Gasteiger partial charge in [-0.15, -0.1) is 0 Å². The molecule has 0 aromatic carbocycles. The van der Waals surface area contributed by atoms with Crippen LogP contribution in [0.1, 0.15) is 61.3 Å². The van der Waals surface area contributed by atoms with Crippen molar-refractivity contribution in [3.8, 4) is 0 Å². The molecule has 1 aliphatic rings. The summed E-state index contributed by atoms with van der Waals surface area (Å²) in [5, 5.41) is 3.75. The van der Waals surface area contributed by atoms with E-state index >= 15 is 0 Å². The fraction of sp³-hybridized carbons (Fsp3) is 1.00. The average Bonchev–Trinajstić information content (AvgIpc) is 2.43. The number of piperazine rings is 1. The van der Waals surface area contributed by atoms with Gasteiger partial charge in [0.05, 0.1) is 0 Å². The first kappa shape index (κ1) is 18.9. The molecule has 1 N–H and O–H groups in total. The minimum Gasteiger partial charge on any atom is -0.311 e. The first-order valence-corrected chi connectivity index (χ1v) is 8.96. The third kappa shape index (κ3) is 5.88. The standard InChI is InChI=1S/C18H39N3/c1-8-18(9-2,14-19-17(5,6)7)15-20-11-12-21(10-3)16(4)13-20/h16,19H,8-15H2,1-7H3. The number of hydrogen-bond acceptors (Lipinski definition) is 3. The van der Waals surface area contributed by atoms with Crippen molar-refractivity contribution in [1.82, 2.24) is 15.1 Å². The summed E-state index contributed by atoms with van der Waals surface area (Å²) in [6, 6.07) is 0.700. The maximum atomic E-state index is 3.75. The Morgan fingerprint density at radius 1 is 1.05 bits per heavy atom. The SMILES string of the molecule is CCN1CCN(CC(CC)(CC)CNC(C)(C)C)CC1C. The molecule has 1 saturated heterocycles. The average molecular weight is 298 g/mol. The number of nitrogens with zero attached hydrogens (tertiary/aromatic N) is 2. The normalized spacial score (nSPS) is 22.7. The quantitative estimate of drug-likeness (QED) is 0.778. The minimum absolute atomic E-state index is 0.212. The molecule has 0 amide bonds. The molecule has 126 valence electrons. The molecule has 1 aliphatic heterocycles. The fourth-order valence-electron chi connectivity index (χ4n) is 3.39. The summed E-state index contributed by atoms with van der Waals surface area (Å²) in [6.45, 7) is 23.4. The Bertz CT molecular complexity index is 291. The fourth-order valence-corrected chi connectivity index (χ4v) is 3.39. The maximum absolute atomic E-state index is 3.75. The van der Waals surface area contributed by atoms with Gasteiger partial charge in [-0.25, -0.2) is 0 Å². The third-order valence-corrected chi connectivity index (χ3v) is 5.31. The van der Waals surface area contributed by atoms with E-state index in [9.17, 15) is 0 Å². The van der Waals surface area contributed by atoms with Crippen LogP contribution in [0.3, 0.4) is 0 Å². The molecule has 1 unspecified atom stereocenters. The number of hydrogen-bond donors (Lipinski definition) is 1. The van der Waals surface area contributed by atoms with Crippen LogP contribution >= 0.6 is 0 Å².